The molecule has 0 radical (unpaired) electrons. The van der Waals surface area contributed by atoms with Crippen LogP contribution in [-0.4, -0.2) is 31.4 Å². The summed E-state index contributed by atoms with van der Waals surface area (Å²) in [5.74, 6) is 0.995. The van der Waals surface area contributed by atoms with Gasteiger partial charge in [-0.1, -0.05) is 25.0 Å². The van der Waals surface area contributed by atoms with Gasteiger partial charge in [-0.05, 0) is 37.5 Å². The standard InChI is InChI=1S/C16H24O4/c1-12(18-2)19-11-20-14-7-5-6-13(10-14)15-8-3-4-9-16(15)17/h5-7,10,12,15-17H,3-4,8-9,11H2,1-2H3. The van der Waals surface area contributed by atoms with E-state index in [1.165, 1.54) is 6.42 Å². The summed E-state index contributed by atoms with van der Waals surface area (Å²) in [5, 5.41) is 10.1. The van der Waals surface area contributed by atoms with Gasteiger partial charge < -0.3 is 19.3 Å². The van der Waals surface area contributed by atoms with E-state index in [4.69, 9.17) is 14.2 Å². The molecule has 4 nitrogen and oxygen atoms in total. The van der Waals surface area contributed by atoms with Gasteiger partial charge in [0.05, 0.1) is 6.10 Å². The third kappa shape index (κ3) is 4.20. The molecule has 0 aliphatic heterocycles. The highest BCUT2D eigenvalue weighted by atomic mass is 16.7. The molecule has 112 valence electrons. The molecule has 1 aromatic rings. The van der Waals surface area contributed by atoms with Crippen LogP contribution < -0.4 is 4.74 Å². The Hall–Kier alpha value is -1.10. The first-order valence-electron chi connectivity index (χ1n) is 7.26. The molecule has 0 bridgehead atoms. The number of hydrogen-bond acceptors (Lipinski definition) is 4. The second-order valence-corrected chi connectivity index (χ2v) is 5.26. The van der Waals surface area contributed by atoms with Gasteiger partial charge in [0.2, 0.25) is 0 Å². The quantitative estimate of drug-likeness (QED) is 0.814. The molecule has 1 fully saturated rings. The molecule has 0 saturated heterocycles. The fourth-order valence-electron chi connectivity index (χ4n) is 2.60. The lowest BCUT2D eigenvalue weighted by atomic mass is 9.82. The van der Waals surface area contributed by atoms with Gasteiger partial charge in [0, 0.05) is 13.0 Å². The maximum Gasteiger partial charge on any atom is 0.191 e. The molecule has 0 aromatic heterocycles. The van der Waals surface area contributed by atoms with E-state index in [9.17, 15) is 5.11 Å². The van der Waals surface area contributed by atoms with Gasteiger partial charge in [0.1, 0.15) is 5.75 Å². The number of methoxy groups -OCH3 is 1. The molecule has 1 N–H and O–H groups in total. The number of hydrogen-bond donors (Lipinski definition) is 1. The van der Waals surface area contributed by atoms with Crippen molar-refractivity contribution in [3.05, 3.63) is 29.8 Å². The Morgan fingerprint density at radius 1 is 1.30 bits per heavy atom. The number of benzene rings is 1. The molecule has 3 unspecified atom stereocenters. The molecule has 0 amide bonds. The smallest absolute Gasteiger partial charge is 0.191 e. The molecule has 0 spiro atoms. The number of rotatable bonds is 6. The highest BCUT2D eigenvalue weighted by Crippen LogP contribution is 2.34. The van der Waals surface area contributed by atoms with Gasteiger partial charge in [-0.15, -0.1) is 0 Å². The topological polar surface area (TPSA) is 47.9 Å². The van der Waals surface area contributed by atoms with Gasteiger partial charge in [0.25, 0.3) is 0 Å². The summed E-state index contributed by atoms with van der Waals surface area (Å²) in [4.78, 5) is 0. The minimum Gasteiger partial charge on any atom is -0.467 e. The zero-order valence-electron chi connectivity index (χ0n) is 12.2. The van der Waals surface area contributed by atoms with Crippen LogP contribution in [0.5, 0.6) is 5.75 Å². The molecule has 1 aliphatic carbocycles. The third-order valence-corrected chi connectivity index (χ3v) is 3.88. The van der Waals surface area contributed by atoms with Crippen LogP contribution in [0.1, 0.15) is 44.1 Å². The van der Waals surface area contributed by atoms with Crippen molar-refractivity contribution >= 4 is 0 Å². The largest absolute Gasteiger partial charge is 0.467 e. The van der Waals surface area contributed by atoms with Gasteiger partial charge >= 0.3 is 0 Å². The number of aliphatic hydroxyl groups is 1. The monoisotopic (exact) mass is 280 g/mol. The van der Waals surface area contributed by atoms with Gasteiger partial charge in [-0.3, -0.25) is 0 Å². The molecule has 0 heterocycles. The van der Waals surface area contributed by atoms with Gasteiger partial charge in [-0.25, -0.2) is 0 Å². The summed E-state index contributed by atoms with van der Waals surface area (Å²) in [6.45, 7) is 1.98. The van der Waals surface area contributed by atoms with Gasteiger partial charge in [-0.2, -0.15) is 0 Å². The van der Waals surface area contributed by atoms with E-state index in [1.54, 1.807) is 7.11 Å². The van der Waals surface area contributed by atoms with E-state index in [0.717, 1.165) is 30.6 Å². The molecule has 20 heavy (non-hydrogen) atoms. The highest BCUT2D eigenvalue weighted by Gasteiger charge is 2.24. The van der Waals surface area contributed by atoms with Crippen LogP contribution in [0.25, 0.3) is 0 Å². The summed E-state index contributed by atoms with van der Waals surface area (Å²) in [5.41, 5.74) is 1.15. The predicted molar refractivity (Wildman–Crippen MR) is 76.7 cm³/mol. The Balaban J connectivity index is 1.93. The Labute approximate surface area is 120 Å². The Bertz CT molecular complexity index is 407. The Morgan fingerprint density at radius 3 is 2.85 bits per heavy atom. The SMILES string of the molecule is COC(C)OCOc1cccc(C2CCCCC2O)c1. The van der Waals surface area contributed by atoms with Crippen LogP contribution in [0.15, 0.2) is 24.3 Å². The summed E-state index contributed by atoms with van der Waals surface area (Å²) < 4.78 is 15.9. The summed E-state index contributed by atoms with van der Waals surface area (Å²) in [7, 11) is 1.59. The Morgan fingerprint density at radius 2 is 2.10 bits per heavy atom. The molecule has 1 aromatic carbocycles. The van der Waals surface area contributed by atoms with Crippen LogP contribution in [-0.2, 0) is 9.47 Å². The minimum atomic E-state index is -0.279. The Kier molecular flexibility index (Phi) is 5.83. The van der Waals surface area contributed by atoms with E-state index in [-0.39, 0.29) is 25.1 Å². The first-order chi connectivity index (χ1) is 9.70. The fraction of sp³-hybridized carbons (Fsp3) is 0.625. The highest BCUT2D eigenvalue weighted by molar-refractivity contribution is 5.31. The average molecular weight is 280 g/mol. The third-order valence-electron chi connectivity index (χ3n) is 3.88. The van der Waals surface area contributed by atoms with Gasteiger partial charge in [0.15, 0.2) is 13.1 Å². The lowest BCUT2D eigenvalue weighted by Gasteiger charge is -2.28. The minimum absolute atomic E-state index is 0.158. The van der Waals surface area contributed by atoms with Crippen molar-refractivity contribution in [1.82, 2.24) is 0 Å². The lowest BCUT2D eigenvalue weighted by Crippen LogP contribution is -2.22. The van der Waals surface area contributed by atoms with E-state index in [0.29, 0.717) is 0 Å². The van der Waals surface area contributed by atoms with Crippen LogP contribution in [0.4, 0.5) is 0 Å². The van der Waals surface area contributed by atoms with E-state index in [2.05, 4.69) is 6.07 Å². The van der Waals surface area contributed by atoms with Crippen molar-refractivity contribution in [3.8, 4) is 5.75 Å². The maximum absolute atomic E-state index is 10.1. The van der Waals surface area contributed by atoms with E-state index in [1.807, 2.05) is 25.1 Å². The molecule has 2 rings (SSSR count). The second-order valence-electron chi connectivity index (χ2n) is 5.26. The zero-order chi connectivity index (χ0) is 14.4. The molecule has 4 heteroatoms. The van der Waals surface area contributed by atoms with Crippen molar-refractivity contribution < 1.29 is 19.3 Å². The predicted octanol–water partition coefficient (Wildman–Crippen LogP) is 3.05. The lowest BCUT2D eigenvalue weighted by molar-refractivity contribution is -0.149. The van der Waals surface area contributed by atoms with Crippen molar-refractivity contribution in [1.29, 1.82) is 0 Å². The molecule has 3 atom stereocenters. The van der Waals surface area contributed by atoms with Crippen molar-refractivity contribution in [3.63, 3.8) is 0 Å². The van der Waals surface area contributed by atoms with E-state index >= 15 is 0 Å². The fourth-order valence-corrected chi connectivity index (χ4v) is 2.60. The summed E-state index contributed by atoms with van der Waals surface area (Å²) in [6.07, 6.45) is 3.73. The number of aliphatic hydroxyl groups excluding tert-OH is 1. The first-order valence-corrected chi connectivity index (χ1v) is 7.26. The van der Waals surface area contributed by atoms with E-state index < -0.39 is 0 Å². The average Bonchev–Trinajstić information content (AvgIpc) is 2.48. The van der Waals surface area contributed by atoms with Crippen LogP contribution in [0.3, 0.4) is 0 Å². The van der Waals surface area contributed by atoms with Crippen LogP contribution in [0.2, 0.25) is 0 Å². The summed E-state index contributed by atoms with van der Waals surface area (Å²) in [6, 6.07) is 7.93. The molecular formula is C16H24O4. The van der Waals surface area contributed by atoms with Crippen molar-refractivity contribution in [2.45, 2.75) is 50.9 Å². The normalized spacial score (nSPS) is 24.4. The maximum atomic E-state index is 10.1. The molecular weight excluding hydrogens is 256 g/mol. The molecule has 1 aliphatic rings. The first kappa shape index (κ1) is 15.3. The van der Waals surface area contributed by atoms with Crippen LogP contribution >= 0.6 is 0 Å². The zero-order valence-corrected chi connectivity index (χ0v) is 12.2. The van der Waals surface area contributed by atoms with Crippen LogP contribution in [0, 0.1) is 0 Å². The van der Waals surface area contributed by atoms with Crippen molar-refractivity contribution in [2.75, 3.05) is 13.9 Å². The molecule has 1 saturated carbocycles. The number of ether oxygens (including phenoxy) is 3. The summed E-state index contributed by atoms with van der Waals surface area (Å²) >= 11 is 0. The second kappa shape index (κ2) is 7.62. The van der Waals surface area contributed by atoms with Crippen molar-refractivity contribution in [2.24, 2.45) is 0 Å².